The Morgan fingerprint density at radius 2 is 1.86 bits per heavy atom. The third kappa shape index (κ3) is 1.84. The minimum absolute atomic E-state index is 0.0592. The Hall–Kier alpha value is -1.18. The highest BCUT2D eigenvalue weighted by Gasteiger charge is 2.24. The van der Waals surface area contributed by atoms with Gasteiger partial charge in [-0.1, -0.05) is 12.1 Å². The van der Waals surface area contributed by atoms with Crippen LogP contribution in [0.2, 0.25) is 0 Å². The van der Waals surface area contributed by atoms with E-state index in [1.807, 2.05) is 0 Å². The van der Waals surface area contributed by atoms with E-state index < -0.39 is 0 Å². The van der Waals surface area contributed by atoms with E-state index in [0.717, 1.165) is 24.1 Å². The summed E-state index contributed by atoms with van der Waals surface area (Å²) in [7, 11) is 0. The maximum atomic E-state index is 12.7. The van der Waals surface area contributed by atoms with E-state index in [-0.39, 0.29) is 11.4 Å². The molecule has 0 amide bonds. The van der Waals surface area contributed by atoms with Crippen molar-refractivity contribution < 1.29 is 4.39 Å². The summed E-state index contributed by atoms with van der Waals surface area (Å²) < 4.78 is 12.7. The average Bonchev–Trinajstić information content (AvgIpc) is 2.47. The van der Waals surface area contributed by atoms with Crippen molar-refractivity contribution in [2.24, 2.45) is 4.99 Å². The molecule has 14 heavy (non-hydrogen) atoms. The molecule has 0 N–H and O–H groups in total. The van der Waals surface area contributed by atoms with Crippen molar-refractivity contribution >= 4 is 5.71 Å². The molecule has 74 valence electrons. The van der Waals surface area contributed by atoms with Crippen molar-refractivity contribution in [1.29, 1.82) is 0 Å². The van der Waals surface area contributed by atoms with Gasteiger partial charge in [0.15, 0.2) is 0 Å². The lowest BCUT2D eigenvalue weighted by Gasteiger charge is -2.10. The zero-order chi connectivity index (χ0) is 10.2. The van der Waals surface area contributed by atoms with Gasteiger partial charge in [0.25, 0.3) is 0 Å². The van der Waals surface area contributed by atoms with Crippen molar-refractivity contribution in [3.8, 4) is 0 Å². The summed E-state index contributed by atoms with van der Waals surface area (Å²) in [5.74, 6) is -0.188. The standard InChI is InChI=1S/C12H14FN/c1-12(2)8-7-11(14-12)9-3-5-10(13)6-4-9/h3-6H,7-8H2,1-2H3. The summed E-state index contributed by atoms with van der Waals surface area (Å²) in [4.78, 5) is 4.61. The monoisotopic (exact) mass is 191 g/mol. The van der Waals surface area contributed by atoms with Gasteiger partial charge in [-0.25, -0.2) is 4.39 Å². The summed E-state index contributed by atoms with van der Waals surface area (Å²) in [5, 5.41) is 0. The second kappa shape index (κ2) is 3.19. The van der Waals surface area contributed by atoms with Gasteiger partial charge in [0.2, 0.25) is 0 Å². The maximum Gasteiger partial charge on any atom is 0.123 e. The zero-order valence-corrected chi connectivity index (χ0v) is 8.55. The lowest BCUT2D eigenvalue weighted by molar-refractivity contribution is 0.522. The maximum absolute atomic E-state index is 12.7. The number of nitrogens with zero attached hydrogens (tertiary/aromatic N) is 1. The van der Waals surface area contributed by atoms with E-state index in [0.29, 0.717) is 0 Å². The second-order valence-electron chi connectivity index (χ2n) is 4.38. The molecule has 0 unspecified atom stereocenters. The van der Waals surface area contributed by atoms with Gasteiger partial charge in [0.05, 0.1) is 5.54 Å². The SMILES string of the molecule is CC1(C)CCC(c2ccc(F)cc2)=N1. The first kappa shape index (κ1) is 9.38. The first-order valence-corrected chi connectivity index (χ1v) is 4.91. The summed E-state index contributed by atoms with van der Waals surface area (Å²) >= 11 is 0. The van der Waals surface area contributed by atoms with Gasteiger partial charge < -0.3 is 0 Å². The average molecular weight is 191 g/mol. The number of hydrogen-bond acceptors (Lipinski definition) is 1. The molecular formula is C12H14FN. The molecule has 0 bridgehead atoms. The smallest absolute Gasteiger partial charge is 0.123 e. The molecule has 1 aliphatic rings. The van der Waals surface area contributed by atoms with E-state index in [1.54, 1.807) is 12.1 Å². The van der Waals surface area contributed by atoms with Crippen molar-refractivity contribution in [2.75, 3.05) is 0 Å². The molecule has 0 radical (unpaired) electrons. The van der Waals surface area contributed by atoms with Gasteiger partial charge in [0, 0.05) is 5.71 Å². The summed E-state index contributed by atoms with van der Waals surface area (Å²) in [6.45, 7) is 4.26. The van der Waals surface area contributed by atoms with Crippen LogP contribution in [0.25, 0.3) is 0 Å². The Balaban J connectivity index is 2.29. The lowest BCUT2D eigenvalue weighted by atomic mass is 10.0. The quantitative estimate of drug-likeness (QED) is 0.646. The highest BCUT2D eigenvalue weighted by atomic mass is 19.1. The predicted molar refractivity (Wildman–Crippen MR) is 56.3 cm³/mol. The number of aliphatic imine (C=N–C) groups is 1. The van der Waals surface area contributed by atoms with Crippen LogP contribution in [0.15, 0.2) is 29.3 Å². The Morgan fingerprint density at radius 1 is 1.21 bits per heavy atom. The molecule has 0 fully saturated rings. The normalized spacial score (nSPS) is 19.5. The third-order valence-electron chi connectivity index (χ3n) is 2.59. The summed E-state index contributed by atoms with van der Waals surface area (Å²) in [6, 6.07) is 6.58. The first-order chi connectivity index (χ1) is 6.57. The van der Waals surface area contributed by atoms with Crippen LogP contribution in [-0.4, -0.2) is 11.3 Å². The largest absolute Gasteiger partial charge is 0.283 e. The van der Waals surface area contributed by atoms with Gasteiger partial charge in [-0.05, 0) is 44.4 Å². The van der Waals surface area contributed by atoms with Crippen LogP contribution in [0, 0.1) is 5.82 Å². The van der Waals surface area contributed by atoms with E-state index >= 15 is 0 Å². The number of hydrogen-bond donors (Lipinski definition) is 0. The Morgan fingerprint density at radius 3 is 2.36 bits per heavy atom. The molecule has 0 aliphatic carbocycles. The molecule has 0 aromatic heterocycles. The van der Waals surface area contributed by atoms with E-state index in [9.17, 15) is 4.39 Å². The van der Waals surface area contributed by atoms with Crippen LogP contribution >= 0.6 is 0 Å². The van der Waals surface area contributed by atoms with Crippen LogP contribution < -0.4 is 0 Å². The Labute approximate surface area is 83.7 Å². The molecule has 1 nitrogen and oxygen atoms in total. The highest BCUT2D eigenvalue weighted by molar-refractivity contribution is 6.01. The zero-order valence-electron chi connectivity index (χ0n) is 8.55. The molecule has 0 spiro atoms. The Bertz CT molecular complexity index is 362. The van der Waals surface area contributed by atoms with Crippen LogP contribution in [0.5, 0.6) is 0 Å². The highest BCUT2D eigenvalue weighted by Crippen LogP contribution is 2.27. The van der Waals surface area contributed by atoms with Crippen LogP contribution in [0.1, 0.15) is 32.3 Å². The molecule has 1 heterocycles. The fourth-order valence-corrected chi connectivity index (χ4v) is 1.75. The van der Waals surface area contributed by atoms with Gasteiger partial charge >= 0.3 is 0 Å². The topological polar surface area (TPSA) is 12.4 Å². The molecule has 0 atom stereocenters. The molecule has 1 aromatic rings. The van der Waals surface area contributed by atoms with Gasteiger partial charge in [-0.2, -0.15) is 0 Å². The van der Waals surface area contributed by atoms with Crippen LogP contribution in [-0.2, 0) is 0 Å². The van der Waals surface area contributed by atoms with Crippen LogP contribution in [0.4, 0.5) is 4.39 Å². The van der Waals surface area contributed by atoms with E-state index in [4.69, 9.17) is 0 Å². The van der Waals surface area contributed by atoms with Gasteiger partial charge in [-0.15, -0.1) is 0 Å². The number of rotatable bonds is 1. The molecular weight excluding hydrogens is 177 g/mol. The minimum atomic E-state index is -0.188. The van der Waals surface area contributed by atoms with Gasteiger partial charge in [0.1, 0.15) is 5.82 Å². The first-order valence-electron chi connectivity index (χ1n) is 4.91. The lowest BCUT2D eigenvalue weighted by Crippen LogP contribution is -2.10. The molecule has 2 rings (SSSR count). The fraction of sp³-hybridized carbons (Fsp3) is 0.417. The minimum Gasteiger partial charge on any atom is -0.283 e. The van der Waals surface area contributed by atoms with Crippen LogP contribution in [0.3, 0.4) is 0 Å². The summed E-state index contributed by atoms with van der Waals surface area (Å²) in [6.07, 6.45) is 2.08. The number of halogens is 1. The van der Waals surface area contributed by atoms with Crippen molar-refractivity contribution in [3.05, 3.63) is 35.6 Å². The predicted octanol–water partition coefficient (Wildman–Crippen LogP) is 3.19. The van der Waals surface area contributed by atoms with Crippen molar-refractivity contribution in [1.82, 2.24) is 0 Å². The van der Waals surface area contributed by atoms with Gasteiger partial charge in [-0.3, -0.25) is 4.99 Å². The molecule has 1 aliphatic heterocycles. The van der Waals surface area contributed by atoms with E-state index in [2.05, 4.69) is 18.8 Å². The molecule has 0 saturated carbocycles. The number of benzene rings is 1. The molecule has 0 saturated heterocycles. The second-order valence-corrected chi connectivity index (χ2v) is 4.38. The third-order valence-corrected chi connectivity index (χ3v) is 2.59. The van der Waals surface area contributed by atoms with Crippen molar-refractivity contribution in [2.45, 2.75) is 32.2 Å². The Kier molecular flexibility index (Phi) is 2.14. The van der Waals surface area contributed by atoms with Crippen molar-refractivity contribution in [3.63, 3.8) is 0 Å². The molecule has 1 aromatic carbocycles. The van der Waals surface area contributed by atoms with E-state index in [1.165, 1.54) is 12.1 Å². The summed E-state index contributed by atoms with van der Waals surface area (Å²) in [5.41, 5.74) is 2.22. The fourth-order valence-electron chi connectivity index (χ4n) is 1.75. The molecule has 2 heteroatoms.